The number of carbonyl (C=O) groups excluding carboxylic acids is 2. The Hall–Kier alpha value is -3.06. The van der Waals surface area contributed by atoms with Crippen LogP contribution in [0.3, 0.4) is 0 Å². The van der Waals surface area contributed by atoms with Crippen LogP contribution in [0.1, 0.15) is 5.56 Å². The van der Waals surface area contributed by atoms with Crippen LogP contribution >= 0.6 is 11.6 Å². The summed E-state index contributed by atoms with van der Waals surface area (Å²) in [5, 5.41) is 16.0. The standard InChI is InChI=1S/C16H14ClN3O4/c1-24-13-5-3-12(4-6-13)19-15(22)16(23)20-18-9-10-8-11(17)2-7-14(10)21/h2-9,21H,1H3,(H,19,22)(H,20,23)/b18-9-. The molecule has 0 aliphatic heterocycles. The average molecular weight is 348 g/mol. The van der Waals surface area contributed by atoms with E-state index in [1.54, 1.807) is 24.3 Å². The van der Waals surface area contributed by atoms with E-state index in [4.69, 9.17) is 16.3 Å². The number of anilines is 1. The summed E-state index contributed by atoms with van der Waals surface area (Å²) < 4.78 is 4.99. The van der Waals surface area contributed by atoms with Crippen molar-refractivity contribution in [1.82, 2.24) is 5.43 Å². The molecule has 0 unspecified atom stereocenters. The van der Waals surface area contributed by atoms with Gasteiger partial charge in [0, 0.05) is 16.3 Å². The van der Waals surface area contributed by atoms with Gasteiger partial charge in [-0.2, -0.15) is 5.10 Å². The summed E-state index contributed by atoms with van der Waals surface area (Å²) in [6.07, 6.45) is 1.18. The minimum atomic E-state index is -0.955. The van der Waals surface area contributed by atoms with Gasteiger partial charge in [-0.1, -0.05) is 11.6 Å². The second-order valence-corrected chi connectivity index (χ2v) is 5.02. The molecule has 0 spiro atoms. The van der Waals surface area contributed by atoms with Crippen LogP contribution in [0.25, 0.3) is 0 Å². The summed E-state index contributed by atoms with van der Waals surface area (Å²) in [6.45, 7) is 0. The third-order valence-corrected chi connectivity index (χ3v) is 3.15. The van der Waals surface area contributed by atoms with Crippen LogP contribution in [0, 0.1) is 0 Å². The zero-order valence-electron chi connectivity index (χ0n) is 12.6. The van der Waals surface area contributed by atoms with Crippen LogP contribution in [0.2, 0.25) is 5.02 Å². The Morgan fingerprint density at radius 3 is 2.54 bits per heavy atom. The molecule has 24 heavy (non-hydrogen) atoms. The minimum Gasteiger partial charge on any atom is -0.507 e. The van der Waals surface area contributed by atoms with Gasteiger partial charge in [-0.25, -0.2) is 5.43 Å². The Morgan fingerprint density at radius 2 is 1.88 bits per heavy atom. The Kier molecular flexibility index (Phi) is 5.75. The number of rotatable bonds is 4. The molecular formula is C16H14ClN3O4. The maximum Gasteiger partial charge on any atom is 0.329 e. The van der Waals surface area contributed by atoms with Crippen molar-refractivity contribution in [3.05, 3.63) is 53.1 Å². The Balaban J connectivity index is 1.92. The van der Waals surface area contributed by atoms with Gasteiger partial charge in [-0.05, 0) is 42.5 Å². The topological polar surface area (TPSA) is 100 Å². The van der Waals surface area contributed by atoms with Gasteiger partial charge in [0.2, 0.25) is 0 Å². The lowest BCUT2D eigenvalue weighted by Gasteiger charge is -2.05. The molecule has 0 aliphatic carbocycles. The van der Waals surface area contributed by atoms with Gasteiger partial charge in [0.05, 0.1) is 13.3 Å². The van der Waals surface area contributed by atoms with Crippen molar-refractivity contribution >= 4 is 35.3 Å². The fraction of sp³-hybridized carbons (Fsp3) is 0.0625. The maximum absolute atomic E-state index is 11.7. The molecule has 0 saturated heterocycles. The number of aromatic hydroxyl groups is 1. The smallest absolute Gasteiger partial charge is 0.329 e. The molecule has 0 aliphatic rings. The first-order valence-corrected chi connectivity index (χ1v) is 7.14. The fourth-order valence-electron chi connectivity index (χ4n) is 1.70. The zero-order valence-corrected chi connectivity index (χ0v) is 13.4. The maximum atomic E-state index is 11.7. The number of phenolic OH excluding ortho intramolecular Hbond substituents is 1. The quantitative estimate of drug-likeness (QED) is 0.448. The lowest BCUT2D eigenvalue weighted by Crippen LogP contribution is -2.32. The van der Waals surface area contributed by atoms with E-state index < -0.39 is 11.8 Å². The van der Waals surface area contributed by atoms with Crippen molar-refractivity contribution in [1.29, 1.82) is 0 Å². The molecule has 2 amide bonds. The highest BCUT2D eigenvalue weighted by molar-refractivity contribution is 6.39. The van der Waals surface area contributed by atoms with Gasteiger partial charge in [0.1, 0.15) is 11.5 Å². The first-order chi connectivity index (χ1) is 11.5. The number of hydrogen-bond donors (Lipinski definition) is 3. The van der Waals surface area contributed by atoms with E-state index in [0.717, 1.165) is 0 Å². The molecule has 7 nitrogen and oxygen atoms in total. The first kappa shape index (κ1) is 17.3. The highest BCUT2D eigenvalue weighted by atomic mass is 35.5. The summed E-state index contributed by atoms with van der Waals surface area (Å²) in [4.78, 5) is 23.4. The SMILES string of the molecule is COc1ccc(NC(=O)C(=O)N/N=C\c2cc(Cl)ccc2O)cc1. The molecule has 0 saturated carbocycles. The fourth-order valence-corrected chi connectivity index (χ4v) is 1.88. The van der Waals surface area contributed by atoms with Crippen LogP contribution in [0.4, 0.5) is 5.69 Å². The van der Waals surface area contributed by atoms with E-state index in [9.17, 15) is 14.7 Å². The van der Waals surface area contributed by atoms with Crippen molar-refractivity contribution in [2.45, 2.75) is 0 Å². The molecule has 3 N–H and O–H groups in total. The van der Waals surface area contributed by atoms with Crippen molar-refractivity contribution < 1.29 is 19.4 Å². The van der Waals surface area contributed by atoms with Gasteiger partial charge < -0.3 is 15.2 Å². The van der Waals surface area contributed by atoms with Crippen molar-refractivity contribution in [3.63, 3.8) is 0 Å². The highest BCUT2D eigenvalue weighted by Gasteiger charge is 2.12. The molecule has 0 heterocycles. The molecule has 124 valence electrons. The number of amides is 2. The molecule has 2 aromatic carbocycles. The molecule has 0 fully saturated rings. The minimum absolute atomic E-state index is 0.0555. The van der Waals surface area contributed by atoms with E-state index in [1.807, 2.05) is 0 Å². The summed E-state index contributed by atoms with van der Waals surface area (Å²) in [5.41, 5.74) is 2.80. The van der Waals surface area contributed by atoms with E-state index in [2.05, 4.69) is 15.8 Å². The zero-order chi connectivity index (χ0) is 17.5. The third kappa shape index (κ3) is 4.72. The number of halogens is 1. The van der Waals surface area contributed by atoms with Crippen LogP contribution in [0.5, 0.6) is 11.5 Å². The molecule has 0 aromatic heterocycles. The molecule has 2 aromatic rings. The number of carbonyl (C=O) groups is 2. The van der Waals surface area contributed by atoms with Crippen molar-refractivity contribution in [3.8, 4) is 11.5 Å². The number of nitrogens with zero attached hydrogens (tertiary/aromatic N) is 1. The summed E-state index contributed by atoms with van der Waals surface area (Å²) >= 11 is 5.79. The first-order valence-electron chi connectivity index (χ1n) is 6.76. The van der Waals surface area contributed by atoms with E-state index in [0.29, 0.717) is 22.0 Å². The predicted molar refractivity (Wildman–Crippen MR) is 90.5 cm³/mol. The number of hydrazone groups is 1. The average Bonchev–Trinajstić information content (AvgIpc) is 2.58. The lowest BCUT2D eigenvalue weighted by molar-refractivity contribution is -0.136. The van der Waals surface area contributed by atoms with Gasteiger partial charge in [0.25, 0.3) is 0 Å². The van der Waals surface area contributed by atoms with E-state index in [-0.39, 0.29) is 5.75 Å². The van der Waals surface area contributed by atoms with Crippen LogP contribution in [0.15, 0.2) is 47.6 Å². The summed E-state index contributed by atoms with van der Waals surface area (Å²) in [7, 11) is 1.52. The molecule has 0 radical (unpaired) electrons. The Labute approximate surface area is 142 Å². The molecule has 8 heteroatoms. The molecular weight excluding hydrogens is 334 g/mol. The van der Waals surface area contributed by atoms with Crippen LogP contribution in [-0.4, -0.2) is 30.2 Å². The number of benzene rings is 2. The third-order valence-electron chi connectivity index (χ3n) is 2.91. The van der Waals surface area contributed by atoms with E-state index in [1.165, 1.54) is 31.5 Å². The van der Waals surface area contributed by atoms with Crippen molar-refractivity contribution in [2.24, 2.45) is 5.10 Å². The Morgan fingerprint density at radius 1 is 1.17 bits per heavy atom. The molecule has 0 bridgehead atoms. The normalized spacial score (nSPS) is 10.4. The number of ether oxygens (including phenoxy) is 1. The van der Waals surface area contributed by atoms with Gasteiger partial charge in [-0.15, -0.1) is 0 Å². The van der Waals surface area contributed by atoms with Crippen LogP contribution in [-0.2, 0) is 9.59 Å². The van der Waals surface area contributed by atoms with Crippen LogP contribution < -0.4 is 15.5 Å². The number of methoxy groups -OCH3 is 1. The monoisotopic (exact) mass is 347 g/mol. The second-order valence-electron chi connectivity index (χ2n) is 4.58. The second kappa shape index (κ2) is 7.98. The summed E-state index contributed by atoms with van der Waals surface area (Å²) in [6, 6.07) is 10.8. The number of phenols is 1. The summed E-state index contributed by atoms with van der Waals surface area (Å²) in [5.74, 6) is -1.26. The Bertz CT molecular complexity index is 775. The number of nitrogens with one attached hydrogen (secondary N) is 2. The largest absolute Gasteiger partial charge is 0.507 e. The number of hydrogen-bond acceptors (Lipinski definition) is 5. The highest BCUT2D eigenvalue weighted by Crippen LogP contribution is 2.19. The van der Waals surface area contributed by atoms with Crippen molar-refractivity contribution in [2.75, 3.05) is 12.4 Å². The van der Waals surface area contributed by atoms with Gasteiger partial charge in [0.15, 0.2) is 0 Å². The molecule has 0 atom stereocenters. The van der Waals surface area contributed by atoms with E-state index >= 15 is 0 Å². The predicted octanol–water partition coefficient (Wildman–Crippen LogP) is 2.14. The molecule has 2 rings (SSSR count). The van der Waals surface area contributed by atoms with Gasteiger partial charge >= 0.3 is 11.8 Å². The van der Waals surface area contributed by atoms with Gasteiger partial charge in [-0.3, -0.25) is 9.59 Å². The lowest BCUT2D eigenvalue weighted by atomic mass is 10.2.